The van der Waals surface area contributed by atoms with Gasteiger partial charge in [-0.15, -0.1) is 0 Å². The second-order valence-corrected chi connectivity index (χ2v) is 4.67. The van der Waals surface area contributed by atoms with Gasteiger partial charge in [0, 0.05) is 52.0 Å². The van der Waals surface area contributed by atoms with E-state index in [4.69, 9.17) is 4.74 Å². The topological polar surface area (TPSA) is 35.9 Å². The minimum Gasteiger partial charge on any atom is -0.395 e. The number of ether oxygens (including phenoxy) is 1. The van der Waals surface area contributed by atoms with Crippen LogP contribution in [-0.2, 0) is 4.74 Å². The Balaban J connectivity index is 2.12. The Labute approximate surface area is 106 Å². The maximum Gasteiger partial charge on any atom is 0.0586 e. The van der Waals surface area contributed by atoms with Crippen molar-refractivity contribution in [3.05, 3.63) is 0 Å². The fourth-order valence-corrected chi connectivity index (χ4v) is 2.39. The van der Waals surface area contributed by atoms with Crippen LogP contribution in [0.2, 0.25) is 0 Å². The molecule has 1 N–H and O–H groups in total. The van der Waals surface area contributed by atoms with Gasteiger partial charge in [-0.1, -0.05) is 6.92 Å². The van der Waals surface area contributed by atoms with E-state index in [-0.39, 0.29) is 0 Å². The number of hydrogen-bond donors (Lipinski definition) is 1. The van der Waals surface area contributed by atoms with Crippen molar-refractivity contribution >= 4 is 0 Å². The summed E-state index contributed by atoms with van der Waals surface area (Å²) in [6.07, 6.45) is 2.17. The Morgan fingerprint density at radius 3 is 2.41 bits per heavy atom. The van der Waals surface area contributed by atoms with Gasteiger partial charge in [0.05, 0.1) is 6.61 Å². The first kappa shape index (κ1) is 14.9. The predicted molar refractivity (Wildman–Crippen MR) is 70.3 cm³/mol. The quantitative estimate of drug-likeness (QED) is 0.641. The van der Waals surface area contributed by atoms with Crippen molar-refractivity contribution in [1.82, 2.24) is 9.80 Å². The van der Waals surface area contributed by atoms with E-state index in [2.05, 4.69) is 16.7 Å². The molecule has 4 heteroatoms. The Hall–Kier alpha value is -0.160. The van der Waals surface area contributed by atoms with Gasteiger partial charge < -0.3 is 14.7 Å². The molecule has 0 spiro atoms. The molecule has 1 aliphatic rings. The van der Waals surface area contributed by atoms with Gasteiger partial charge in [0.25, 0.3) is 0 Å². The Morgan fingerprint density at radius 1 is 1.18 bits per heavy atom. The smallest absolute Gasteiger partial charge is 0.0586 e. The van der Waals surface area contributed by atoms with E-state index >= 15 is 0 Å². The number of aliphatic hydroxyl groups excluding tert-OH is 1. The summed E-state index contributed by atoms with van der Waals surface area (Å²) < 4.78 is 5.35. The summed E-state index contributed by atoms with van der Waals surface area (Å²) in [6.45, 7) is 11.8. The lowest BCUT2D eigenvalue weighted by Gasteiger charge is -2.38. The number of piperazine rings is 1. The van der Waals surface area contributed by atoms with E-state index in [9.17, 15) is 5.11 Å². The normalized spacial score (nSPS) is 20.6. The Kier molecular flexibility index (Phi) is 7.77. The molecule has 1 unspecified atom stereocenters. The van der Waals surface area contributed by atoms with Gasteiger partial charge in [0.1, 0.15) is 0 Å². The van der Waals surface area contributed by atoms with Crippen LogP contribution in [0.25, 0.3) is 0 Å². The van der Waals surface area contributed by atoms with Crippen molar-refractivity contribution < 1.29 is 9.84 Å². The lowest BCUT2D eigenvalue weighted by Crippen LogP contribution is -2.51. The fourth-order valence-electron chi connectivity index (χ4n) is 2.39. The fraction of sp³-hybridized carbons (Fsp3) is 1.00. The second kappa shape index (κ2) is 8.86. The lowest BCUT2D eigenvalue weighted by molar-refractivity contribution is 0.0578. The van der Waals surface area contributed by atoms with Gasteiger partial charge in [-0.05, 0) is 19.8 Å². The maximum atomic E-state index is 9.27. The minimum absolute atomic E-state index is 0.292. The van der Waals surface area contributed by atoms with Crippen molar-refractivity contribution in [2.24, 2.45) is 0 Å². The predicted octanol–water partition coefficient (Wildman–Crippen LogP) is 0.802. The van der Waals surface area contributed by atoms with E-state index in [0.717, 1.165) is 58.8 Å². The largest absolute Gasteiger partial charge is 0.395 e. The molecule has 0 aromatic carbocycles. The van der Waals surface area contributed by atoms with Crippen LogP contribution < -0.4 is 0 Å². The molecule has 0 radical (unpaired) electrons. The summed E-state index contributed by atoms with van der Waals surface area (Å²) >= 11 is 0. The zero-order valence-corrected chi connectivity index (χ0v) is 11.4. The number of rotatable bonds is 8. The van der Waals surface area contributed by atoms with E-state index in [0.29, 0.717) is 12.6 Å². The van der Waals surface area contributed by atoms with E-state index in [1.807, 2.05) is 6.92 Å². The molecule has 1 atom stereocenters. The van der Waals surface area contributed by atoms with E-state index in [1.165, 1.54) is 0 Å². The molecule has 1 rings (SSSR count). The molecule has 1 fully saturated rings. The van der Waals surface area contributed by atoms with Gasteiger partial charge in [0.2, 0.25) is 0 Å². The molecule has 1 aliphatic heterocycles. The molecule has 0 saturated carbocycles. The average Bonchev–Trinajstić information content (AvgIpc) is 2.38. The van der Waals surface area contributed by atoms with Gasteiger partial charge in [-0.3, -0.25) is 4.90 Å². The van der Waals surface area contributed by atoms with Crippen molar-refractivity contribution in [2.75, 3.05) is 52.5 Å². The molecule has 0 aliphatic carbocycles. The molecule has 102 valence electrons. The monoisotopic (exact) mass is 244 g/mol. The third-order valence-electron chi connectivity index (χ3n) is 3.57. The standard InChI is InChI=1S/C13H28N2O2/c1-3-13(12-16)15-9-7-14(8-10-15)6-5-11-17-4-2/h13,16H,3-12H2,1-2H3. The average molecular weight is 244 g/mol. The lowest BCUT2D eigenvalue weighted by atomic mass is 10.1. The highest BCUT2D eigenvalue weighted by Gasteiger charge is 2.21. The van der Waals surface area contributed by atoms with Crippen LogP contribution in [0.5, 0.6) is 0 Å². The first-order valence-electron chi connectivity index (χ1n) is 6.96. The number of nitrogens with zero attached hydrogens (tertiary/aromatic N) is 2. The number of hydrogen-bond acceptors (Lipinski definition) is 4. The molecule has 0 amide bonds. The van der Waals surface area contributed by atoms with Gasteiger partial charge in [-0.2, -0.15) is 0 Å². The molecular formula is C13H28N2O2. The van der Waals surface area contributed by atoms with E-state index in [1.54, 1.807) is 0 Å². The summed E-state index contributed by atoms with van der Waals surface area (Å²) in [6, 6.07) is 0.362. The van der Waals surface area contributed by atoms with E-state index < -0.39 is 0 Å². The summed E-state index contributed by atoms with van der Waals surface area (Å²) in [5.74, 6) is 0. The van der Waals surface area contributed by atoms with Crippen LogP contribution in [0.15, 0.2) is 0 Å². The molecule has 0 bridgehead atoms. The third kappa shape index (κ3) is 5.34. The highest BCUT2D eigenvalue weighted by atomic mass is 16.5. The Morgan fingerprint density at radius 2 is 1.88 bits per heavy atom. The molecule has 17 heavy (non-hydrogen) atoms. The van der Waals surface area contributed by atoms with Crippen LogP contribution in [0.1, 0.15) is 26.7 Å². The molecule has 0 aromatic heterocycles. The van der Waals surface area contributed by atoms with Crippen LogP contribution in [-0.4, -0.2) is 73.5 Å². The minimum atomic E-state index is 0.292. The van der Waals surface area contributed by atoms with Crippen molar-refractivity contribution in [1.29, 1.82) is 0 Å². The highest BCUT2D eigenvalue weighted by molar-refractivity contribution is 4.77. The highest BCUT2D eigenvalue weighted by Crippen LogP contribution is 2.09. The van der Waals surface area contributed by atoms with Crippen molar-refractivity contribution in [3.63, 3.8) is 0 Å². The molecule has 0 aromatic rings. The molecule has 1 saturated heterocycles. The second-order valence-electron chi connectivity index (χ2n) is 4.67. The van der Waals surface area contributed by atoms with Crippen LogP contribution in [0.4, 0.5) is 0 Å². The zero-order valence-electron chi connectivity index (χ0n) is 11.4. The maximum absolute atomic E-state index is 9.27. The molecule has 4 nitrogen and oxygen atoms in total. The van der Waals surface area contributed by atoms with Crippen LogP contribution >= 0.6 is 0 Å². The van der Waals surface area contributed by atoms with Crippen LogP contribution in [0.3, 0.4) is 0 Å². The summed E-state index contributed by atoms with van der Waals surface area (Å²) in [5, 5.41) is 9.27. The first-order valence-corrected chi connectivity index (χ1v) is 6.96. The van der Waals surface area contributed by atoms with Gasteiger partial charge in [0.15, 0.2) is 0 Å². The summed E-state index contributed by atoms with van der Waals surface area (Å²) in [5.41, 5.74) is 0. The Bertz CT molecular complexity index is 178. The molecule has 1 heterocycles. The van der Waals surface area contributed by atoms with Crippen molar-refractivity contribution in [2.45, 2.75) is 32.7 Å². The van der Waals surface area contributed by atoms with Gasteiger partial charge in [-0.25, -0.2) is 0 Å². The van der Waals surface area contributed by atoms with Crippen LogP contribution in [0, 0.1) is 0 Å². The molecular weight excluding hydrogens is 216 g/mol. The summed E-state index contributed by atoms with van der Waals surface area (Å²) in [7, 11) is 0. The number of aliphatic hydroxyl groups is 1. The van der Waals surface area contributed by atoms with Crippen molar-refractivity contribution in [3.8, 4) is 0 Å². The van der Waals surface area contributed by atoms with Gasteiger partial charge >= 0.3 is 0 Å². The summed E-state index contributed by atoms with van der Waals surface area (Å²) in [4.78, 5) is 4.92. The zero-order chi connectivity index (χ0) is 12.5. The first-order chi connectivity index (χ1) is 8.31. The SMILES string of the molecule is CCOCCCN1CCN(C(CC)CO)CC1. The third-order valence-corrected chi connectivity index (χ3v) is 3.57.